The second-order valence-corrected chi connectivity index (χ2v) is 9.76. The molecule has 5 heterocycles. The lowest BCUT2D eigenvalue weighted by atomic mass is 10.2. The quantitative estimate of drug-likeness (QED) is 0.415. The van der Waals surface area contributed by atoms with Gasteiger partial charge in [0, 0.05) is 43.3 Å². The maximum atomic E-state index is 13.1. The van der Waals surface area contributed by atoms with Gasteiger partial charge >= 0.3 is 6.09 Å². The number of rotatable bonds is 1. The lowest BCUT2D eigenvalue weighted by molar-refractivity contribution is 0.0589. The monoisotopic (exact) mass is 492 g/mol. The van der Waals surface area contributed by atoms with Gasteiger partial charge in [-0.05, 0) is 33.8 Å². The van der Waals surface area contributed by atoms with E-state index in [1.807, 2.05) is 29.8 Å². The van der Waals surface area contributed by atoms with Crippen molar-refractivity contribution in [2.75, 3.05) is 23.9 Å². The smallest absolute Gasteiger partial charge is 0.414 e. The van der Waals surface area contributed by atoms with Gasteiger partial charge in [0.15, 0.2) is 17.2 Å². The number of carbonyl (C=O) groups is 2. The maximum Gasteiger partial charge on any atom is 0.414 e. The second kappa shape index (κ2) is 8.79. The Labute approximate surface area is 207 Å². The molecule has 4 bridgehead atoms. The highest BCUT2D eigenvalue weighted by Gasteiger charge is 2.26. The van der Waals surface area contributed by atoms with Crippen LogP contribution in [0.3, 0.4) is 0 Å². The Bertz CT molecular complexity index is 1470. The molecule has 12 nitrogen and oxygen atoms in total. The average molecular weight is 493 g/mol. The zero-order chi connectivity index (χ0) is 25.6. The van der Waals surface area contributed by atoms with Crippen molar-refractivity contribution in [2.24, 2.45) is 0 Å². The fourth-order valence-electron chi connectivity index (χ4n) is 3.96. The average Bonchev–Trinajstić information content (AvgIpc) is 3.43. The molecular weight excluding hydrogens is 464 g/mol. The molecule has 12 heteroatoms. The highest BCUT2D eigenvalue weighted by Crippen LogP contribution is 2.28. The van der Waals surface area contributed by atoms with Gasteiger partial charge in [-0.25, -0.2) is 19.3 Å². The third-order valence-electron chi connectivity index (χ3n) is 5.55. The van der Waals surface area contributed by atoms with Gasteiger partial charge in [-0.1, -0.05) is 0 Å². The molecule has 0 unspecified atom stereocenters. The van der Waals surface area contributed by atoms with Crippen molar-refractivity contribution >= 4 is 40.5 Å². The van der Waals surface area contributed by atoms with E-state index in [1.54, 1.807) is 40.1 Å². The fraction of sp³-hybridized carbons (Fsp3) is 0.375. The molecule has 0 aromatic carbocycles. The summed E-state index contributed by atoms with van der Waals surface area (Å²) in [7, 11) is 1.59. The van der Waals surface area contributed by atoms with Crippen molar-refractivity contribution in [2.45, 2.75) is 45.9 Å². The fourth-order valence-corrected chi connectivity index (χ4v) is 3.96. The molecular formula is C24H28N8O4. The Balaban J connectivity index is 1.66. The Kier molecular flexibility index (Phi) is 5.75. The van der Waals surface area contributed by atoms with Gasteiger partial charge in [-0.15, -0.1) is 5.10 Å². The van der Waals surface area contributed by atoms with E-state index in [4.69, 9.17) is 9.47 Å². The van der Waals surface area contributed by atoms with Crippen LogP contribution in [-0.4, -0.2) is 61.3 Å². The second-order valence-electron chi connectivity index (χ2n) is 9.76. The molecule has 2 N–H and O–H groups in total. The summed E-state index contributed by atoms with van der Waals surface area (Å²) in [5.41, 5.74) is 2.67. The van der Waals surface area contributed by atoms with Crippen LogP contribution >= 0.6 is 0 Å². The van der Waals surface area contributed by atoms with Crippen LogP contribution in [0.4, 0.5) is 22.0 Å². The molecule has 4 aromatic rings. The van der Waals surface area contributed by atoms with E-state index in [-0.39, 0.29) is 17.6 Å². The number of anilines is 3. The normalized spacial score (nSPS) is 16.5. The van der Waals surface area contributed by atoms with E-state index >= 15 is 0 Å². The van der Waals surface area contributed by atoms with E-state index < -0.39 is 11.7 Å². The summed E-state index contributed by atoms with van der Waals surface area (Å²) in [5, 5.41) is 10.8. The van der Waals surface area contributed by atoms with E-state index in [1.165, 1.54) is 15.6 Å². The lowest BCUT2D eigenvalue weighted by Gasteiger charge is -2.25. The van der Waals surface area contributed by atoms with E-state index in [0.29, 0.717) is 30.4 Å². The van der Waals surface area contributed by atoms with Crippen molar-refractivity contribution in [3.05, 3.63) is 48.2 Å². The highest BCUT2D eigenvalue weighted by molar-refractivity contribution is 5.96. The Hall–Kier alpha value is -4.19. The van der Waals surface area contributed by atoms with Crippen LogP contribution < -0.4 is 15.5 Å². The molecule has 36 heavy (non-hydrogen) atoms. The van der Waals surface area contributed by atoms with Crippen molar-refractivity contribution in [1.29, 1.82) is 0 Å². The zero-order valence-electron chi connectivity index (χ0n) is 20.8. The summed E-state index contributed by atoms with van der Waals surface area (Å²) in [6.45, 7) is 7.86. The third-order valence-corrected chi connectivity index (χ3v) is 5.55. The van der Waals surface area contributed by atoms with Crippen LogP contribution in [-0.2, 0) is 16.1 Å². The van der Waals surface area contributed by atoms with Crippen LogP contribution in [0.1, 0.15) is 43.7 Å². The molecule has 0 saturated carbocycles. The van der Waals surface area contributed by atoms with Gasteiger partial charge in [0.25, 0.3) is 5.91 Å². The topological polar surface area (TPSA) is 127 Å². The number of fused-ring (bicyclic) bond motifs is 5. The summed E-state index contributed by atoms with van der Waals surface area (Å²) in [4.78, 5) is 36.1. The van der Waals surface area contributed by atoms with Gasteiger partial charge in [0.1, 0.15) is 11.2 Å². The number of aromatic nitrogens is 5. The first-order valence-electron chi connectivity index (χ1n) is 11.6. The van der Waals surface area contributed by atoms with Crippen LogP contribution in [0.15, 0.2) is 36.9 Å². The highest BCUT2D eigenvalue weighted by atomic mass is 16.6. The summed E-state index contributed by atoms with van der Waals surface area (Å²) < 4.78 is 14.8. The number of hydrogen-bond acceptors (Lipinski definition) is 8. The van der Waals surface area contributed by atoms with Gasteiger partial charge in [0.05, 0.1) is 30.8 Å². The molecule has 0 spiro atoms. The minimum absolute atomic E-state index is 0.224. The Morgan fingerprint density at radius 1 is 1.25 bits per heavy atom. The lowest BCUT2D eigenvalue weighted by Crippen LogP contribution is -2.37. The van der Waals surface area contributed by atoms with E-state index in [0.717, 1.165) is 16.9 Å². The molecule has 1 atom stereocenters. The summed E-state index contributed by atoms with van der Waals surface area (Å²) >= 11 is 0. The molecule has 2 amide bonds. The minimum atomic E-state index is -0.682. The van der Waals surface area contributed by atoms with Gasteiger partial charge in [0.2, 0.25) is 0 Å². The van der Waals surface area contributed by atoms with Gasteiger partial charge in [-0.3, -0.25) is 9.69 Å². The number of pyridine rings is 1. The van der Waals surface area contributed by atoms with Crippen molar-refractivity contribution < 1.29 is 19.1 Å². The first kappa shape index (κ1) is 23.5. The third kappa shape index (κ3) is 4.54. The summed E-state index contributed by atoms with van der Waals surface area (Å²) in [6, 6.07) is 3.36. The number of amides is 2. The van der Waals surface area contributed by atoms with E-state index in [2.05, 4.69) is 25.7 Å². The van der Waals surface area contributed by atoms with Gasteiger partial charge in [-0.2, -0.15) is 0 Å². The number of carbonyl (C=O) groups excluding carboxylic acids is 2. The molecule has 5 rings (SSSR count). The molecule has 0 saturated heterocycles. The minimum Gasteiger partial charge on any atom is -0.443 e. The van der Waals surface area contributed by atoms with Gasteiger partial charge < -0.3 is 24.5 Å². The van der Waals surface area contributed by atoms with Crippen LogP contribution in [0, 0.1) is 0 Å². The maximum absolute atomic E-state index is 13.1. The zero-order valence-corrected chi connectivity index (χ0v) is 20.8. The van der Waals surface area contributed by atoms with E-state index in [9.17, 15) is 9.59 Å². The van der Waals surface area contributed by atoms with Crippen LogP contribution in [0.2, 0.25) is 0 Å². The number of nitrogens with zero attached hydrogens (tertiary/aromatic N) is 6. The number of nitrogens with one attached hydrogen (secondary N) is 2. The predicted molar refractivity (Wildman–Crippen MR) is 133 cm³/mol. The van der Waals surface area contributed by atoms with Crippen molar-refractivity contribution in [1.82, 2.24) is 29.3 Å². The number of imidazole rings is 2. The predicted octanol–water partition coefficient (Wildman–Crippen LogP) is 3.14. The Morgan fingerprint density at radius 2 is 2.06 bits per heavy atom. The molecule has 4 aromatic heterocycles. The van der Waals surface area contributed by atoms with Crippen molar-refractivity contribution in [3.8, 4) is 0 Å². The molecule has 0 aliphatic carbocycles. The Morgan fingerprint density at radius 3 is 2.83 bits per heavy atom. The number of ether oxygens (including phenoxy) is 2. The first-order valence-corrected chi connectivity index (χ1v) is 11.6. The molecule has 188 valence electrons. The van der Waals surface area contributed by atoms with Crippen LogP contribution in [0.25, 0.3) is 11.3 Å². The molecule has 0 fully saturated rings. The summed E-state index contributed by atoms with van der Waals surface area (Å²) in [5.74, 6) is 0.0387. The SMILES string of the molecule is C[C@@H]1COCc2cc(cn3ccnc23)Nc2cc(N(C)C(=O)OC(C)(C)C)c3ncc(n3n2)C(=O)N1. The first-order chi connectivity index (χ1) is 17.1. The molecule has 1 aliphatic rings. The number of hydrogen-bond donors (Lipinski definition) is 2. The van der Waals surface area contributed by atoms with Crippen LogP contribution in [0.5, 0.6) is 0 Å². The summed E-state index contributed by atoms with van der Waals surface area (Å²) in [6.07, 6.45) is 6.32. The standard InChI is InChI=1S/C24H28N8O4/c1-14-12-35-13-15-8-16(11-31-7-6-25-20(15)31)28-19-9-17(30(5)23(34)36-24(2,3)4)21-26-10-18(22(33)27-14)32(21)29-19/h6-11,14H,12-13H2,1-5H3,(H,27,33)(H,28,29)/t14-/m1/s1. The molecule has 1 aliphatic heterocycles. The largest absolute Gasteiger partial charge is 0.443 e. The van der Waals surface area contributed by atoms with Crippen molar-refractivity contribution in [3.63, 3.8) is 0 Å². The molecule has 0 radical (unpaired) electrons.